The predicted octanol–water partition coefficient (Wildman–Crippen LogP) is 2.60. The molecule has 3 aromatic heterocycles. The van der Waals surface area contributed by atoms with E-state index in [-0.39, 0.29) is 0 Å². The molecule has 24 heavy (non-hydrogen) atoms. The Morgan fingerprint density at radius 3 is 2.71 bits per heavy atom. The van der Waals surface area contributed by atoms with E-state index in [1.54, 1.807) is 24.8 Å². The Kier molecular flexibility index (Phi) is 5.29. The van der Waals surface area contributed by atoms with Crippen molar-refractivity contribution in [1.29, 1.82) is 0 Å². The lowest BCUT2D eigenvalue weighted by atomic mass is 10.1. The van der Waals surface area contributed by atoms with Crippen LogP contribution in [0, 0.1) is 0 Å². The van der Waals surface area contributed by atoms with E-state index in [2.05, 4.69) is 25.3 Å². The second-order valence-electron chi connectivity index (χ2n) is 5.25. The van der Waals surface area contributed by atoms with Crippen LogP contribution < -0.4 is 16.8 Å². The van der Waals surface area contributed by atoms with Gasteiger partial charge in [0.1, 0.15) is 12.1 Å². The first-order chi connectivity index (χ1) is 11.8. The van der Waals surface area contributed by atoms with Gasteiger partial charge < -0.3 is 16.8 Å². The third-order valence-corrected chi connectivity index (χ3v) is 4.51. The fourth-order valence-electron chi connectivity index (χ4n) is 2.32. The Morgan fingerprint density at radius 2 is 1.92 bits per heavy atom. The minimum Gasteiger partial charge on any atom is -0.398 e. The molecule has 8 heteroatoms. The van der Waals surface area contributed by atoms with Gasteiger partial charge in [0.2, 0.25) is 0 Å². The van der Waals surface area contributed by atoms with Gasteiger partial charge in [-0.2, -0.15) is 0 Å². The average Bonchev–Trinajstić information content (AvgIpc) is 3.07. The number of pyridine rings is 1. The predicted molar refractivity (Wildman–Crippen MR) is 97.1 cm³/mol. The van der Waals surface area contributed by atoms with Crippen LogP contribution in [0.5, 0.6) is 0 Å². The van der Waals surface area contributed by atoms with Gasteiger partial charge in [-0.1, -0.05) is 11.3 Å². The number of nitrogens with zero attached hydrogens (tertiary/aromatic N) is 4. The van der Waals surface area contributed by atoms with Gasteiger partial charge in [-0.05, 0) is 31.9 Å². The number of hydrogen-bond acceptors (Lipinski definition) is 8. The molecule has 3 aromatic rings. The number of nitrogens with one attached hydrogen (secondary N) is 1. The second-order valence-corrected chi connectivity index (χ2v) is 6.29. The first kappa shape index (κ1) is 16.3. The van der Waals surface area contributed by atoms with Crippen molar-refractivity contribution in [2.45, 2.75) is 19.3 Å². The molecule has 0 aliphatic rings. The van der Waals surface area contributed by atoms with E-state index < -0.39 is 0 Å². The van der Waals surface area contributed by atoms with Crippen LogP contribution in [0.1, 0.15) is 18.4 Å². The molecule has 0 atom stereocenters. The molecule has 0 fully saturated rings. The Hall–Kier alpha value is -2.58. The fraction of sp³-hybridized carbons (Fsp3) is 0.250. The highest BCUT2D eigenvalue weighted by atomic mass is 32.1. The number of aromatic nitrogens is 4. The van der Waals surface area contributed by atoms with Gasteiger partial charge in [0.15, 0.2) is 5.13 Å². The summed E-state index contributed by atoms with van der Waals surface area (Å²) in [5.41, 5.74) is 14.4. The van der Waals surface area contributed by atoms with Crippen LogP contribution in [0.25, 0.3) is 10.4 Å². The number of anilines is 3. The molecule has 0 aromatic carbocycles. The third-order valence-electron chi connectivity index (χ3n) is 3.55. The maximum Gasteiger partial charge on any atom is 0.188 e. The van der Waals surface area contributed by atoms with Gasteiger partial charge in [-0.3, -0.25) is 0 Å². The molecule has 0 spiro atoms. The Balaban J connectivity index is 1.79. The van der Waals surface area contributed by atoms with Crippen LogP contribution in [0.4, 0.5) is 16.6 Å². The highest BCUT2D eigenvalue weighted by Gasteiger charge is 2.11. The molecule has 0 aliphatic heterocycles. The van der Waals surface area contributed by atoms with Gasteiger partial charge in [-0.15, -0.1) is 0 Å². The lowest BCUT2D eigenvalue weighted by Crippen LogP contribution is -2.05. The smallest absolute Gasteiger partial charge is 0.188 e. The third kappa shape index (κ3) is 3.84. The molecular weight excluding hydrogens is 322 g/mol. The largest absolute Gasteiger partial charge is 0.398 e. The molecule has 0 unspecified atom stereocenters. The van der Waals surface area contributed by atoms with E-state index in [0.29, 0.717) is 6.54 Å². The molecule has 0 saturated heterocycles. The van der Waals surface area contributed by atoms with Gasteiger partial charge >= 0.3 is 0 Å². The molecule has 124 valence electrons. The van der Waals surface area contributed by atoms with E-state index in [4.69, 9.17) is 11.5 Å². The van der Waals surface area contributed by atoms with Crippen molar-refractivity contribution in [3.63, 3.8) is 0 Å². The minimum absolute atomic E-state index is 0.678. The van der Waals surface area contributed by atoms with E-state index in [9.17, 15) is 0 Å². The Bertz CT molecular complexity index is 788. The summed E-state index contributed by atoms with van der Waals surface area (Å²) < 4.78 is 0. The number of hydrogen-bond donors (Lipinski definition) is 3. The number of nitrogen functional groups attached to an aromatic ring is 1. The Morgan fingerprint density at radius 1 is 1.08 bits per heavy atom. The molecule has 0 aliphatic carbocycles. The van der Waals surface area contributed by atoms with E-state index in [0.717, 1.165) is 51.9 Å². The number of thiazole rings is 1. The summed E-state index contributed by atoms with van der Waals surface area (Å²) >= 11 is 1.52. The van der Waals surface area contributed by atoms with Crippen molar-refractivity contribution in [3.05, 3.63) is 42.7 Å². The van der Waals surface area contributed by atoms with Crippen LogP contribution in [-0.4, -0.2) is 26.5 Å². The lowest BCUT2D eigenvalue weighted by molar-refractivity contribution is 0.745. The van der Waals surface area contributed by atoms with Gasteiger partial charge in [0.25, 0.3) is 0 Å². The van der Waals surface area contributed by atoms with Crippen LogP contribution in [0.3, 0.4) is 0 Å². The normalized spacial score (nSPS) is 10.7. The lowest BCUT2D eigenvalue weighted by Gasteiger charge is -2.11. The van der Waals surface area contributed by atoms with Crippen molar-refractivity contribution in [1.82, 2.24) is 19.9 Å². The molecule has 3 rings (SSSR count). The fourth-order valence-corrected chi connectivity index (χ4v) is 3.11. The van der Waals surface area contributed by atoms with Crippen LogP contribution in [-0.2, 0) is 6.42 Å². The monoisotopic (exact) mass is 341 g/mol. The van der Waals surface area contributed by atoms with Crippen molar-refractivity contribution in [3.8, 4) is 10.4 Å². The molecular formula is C16H19N7S. The Labute approximate surface area is 144 Å². The zero-order valence-electron chi connectivity index (χ0n) is 13.1. The first-order valence-corrected chi connectivity index (χ1v) is 8.51. The summed E-state index contributed by atoms with van der Waals surface area (Å²) in [7, 11) is 0. The zero-order valence-corrected chi connectivity index (χ0v) is 14.0. The molecule has 3 heterocycles. The molecule has 0 saturated carbocycles. The highest BCUT2D eigenvalue weighted by molar-refractivity contribution is 7.18. The summed E-state index contributed by atoms with van der Waals surface area (Å²) in [5.74, 6) is 0.747. The molecule has 5 N–H and O–H groups in total. The maximum atomic E-state index is 6.11. The number of rotatable bonds is 7. The van der Waals surface area contributed by atoms with Crippen molar-refractivity contribution < 1.29 is 0 Å². The summed E-state index contributed by atoms with van der Waals surface area (Å²) in [6, 6.07) is 1.82. The highest BCUT2D eigenvalue weighted by Crippen LogP contribution is 2.31. The van der Waals surface area contributed by atoms with E-state index >= 15 is 0 Å². The van der Waals surface area contributed by atoms with Crippen LogP contribution in [0.2, 0.25) is 0 Å². The molecule has 0 amide bonds. The molecule has 0 radical (unpaired) electrons. The molecule has 0 bridgehead atoms. The number of nitrogens with two attached hydrogens (primary N) is 2. The van der Waals surface area contributed by atoms with Crippen molar-refractivity contribution in [2.24, 2.45) is 5.73 Å². The van der Waals surface area contributed by atoms with E-state index in [1.807, 2.05) is 6.07 Å². The molecule has 7 nitrogen and oxygen atoms in total. The van der Waals surface area contributed by atoms with Crippen LogP contribution in [0.15, 0.2) is 37.2 Å². The van der Waals surface area contributed by atoms with E-state index in [1.165, 1.54) is 17.7 Å². The van der Waals surface area contributed by atoms with Gasteiger partial charge in [-0.25, -0.2) is 19.9 Å². The van der Waals surface area contributed by atoms with Crippen molar-refractivity contribution >= 4 is 28.0 Å². The van der Waals surface area contributed by atoms with Gasteiger partial charge in [0.05, 0.1) is 4.88 Å². The zero-order chi connectivity index (χ0) is 16.8. The SMILES string of the molecule is NCCCCc1c(N)ccnc1Nc1ncc(-c2cncnc2)s1. The van der Waals surface area contributed by atoms with Crippen LogP contribution >= 0.6 is 11.3 Å². The first-order valence-electron chi connectivity index (χ1n) is 7.69. The quantitative estimate of drug-likeness (QED) is 0.566. The van der Waals surface area contributed by atoms with Gasteiger partial charge in [0, 0.05) is 41.6 Å². The summed E-state index contributed by atoms with van der Waals surface area (Å²) in [5, 5.41) is 4.03. The second kappa shape index (κ2) is 7.80. The average molecular weight is 341 g/mol. The summed E-state index contributed by atoms with van der Waals surface area (Å²) in [6.07, 6.45) is 11.3. The minimum atomic E-state index is 0.678. The number of unbranched alkanes of at least 4 members (excludes halogenated alkanes) is 1. The summed E-state index contributed by atoms with van der Waals surface area (Å²) in [4.78, 5) is 17.9. The standard InChI is InChI=1S/C16H19N7S/c17-5-2-1-3-12-13(18)4-6-21-15(12)23-16-22-9-14(24-16)11-7-19-10-20-8-11/h4,6-10H,1-3,5,17H2,(H3,18,21,22,23). The summed E-state index contributed by atoms with van der Waals surface area (Å²) in [6.45, 7) is 0.678. The maximum absolute atomic E-state index is 6.11. The topological polar surface area (TPSA) is 116 Å². The van der Waals surface area contributed by atoms with Crippen molar-refractivity contribution in [2.75, 3.05) is 17.6 Å².